The SMILES string of the molecule is COC(=O)c1ccc(CNS(=O)(=O)c2c(Br)cc(F)cc2Br)cc1. The molecule has 128 valence electrons. The highest BCUT2D eigenvalue weighted by atomic mass is 79.9. The molecular formula is C15H12Br2FNO4S. The van der Waals surface area contributed by atoms with E-state index in [0.29, 0.717) is 11.1 Å². The van der Waals surface area contributed by atoms with Crippen LogP contribution in [0.4, 0.5) is 4.39 Å². The zero-order valence-electron chi connectivity index (χ0n) is 12.3. The molecule has 1 N–H and O–H groups in total. The summed E-state index contributed by atoms with van der Waals surface area (Å²) in [6.07, 6.45) is 0. The normalized spacial score (nSPS) is 11.3. The van der Waals surface area contributed by atoms with E-state index in [-0.39, 0.29) is 20.4 Å². The Balaban J connectivity index is 2.18. The average Bonchev–Trinajstić information content (AvgIpc) is 2.51. The Bertz CT molecular complexity index is 847. The molecule has 0 amide bonds. The van der Waals surface area contributed by atoms with Crippen molar-refractivity contribution in [2.45, 2.75) is 11.4 Å². The molecule has 0 unspecified atom stereocenters. The molecule has 0 aromatic heterocycles. The molecule has 2 aromatic carbocycles. The van der Waals surface area contributed by atoms with E-state index in [1.165, 1.54) is 7.11 Å². The van der Waals surface area contributed by atoms with Crippen LogP contribution >= 0.6 is 31.9 Å². The van der Waals surface area contributed by atoms with E-state index in [0.717, 1.165) is 12.1 Å². The summed E-state index contributed by atoms with van der Waals surface area (Å²) in [4.78, 5) is 11.3. The van der Waals surface area contributed by atoms with Crippen LogP contribution in [0.25, 0.3) is 0 Å². The number of ether oxygens (including phenoxy) is 1. The minimum Gasteiger partial charge on any atom is -0.465 e. The molecule has 2 aromatic rings. The zero-order chi connectivity index (χ0) is 17.9. The van der Waals surface area contributed by atoms with E-state index in [9.17, 15) is 17.6 Å². The number of benzene rings is 2. The molecule has 0 aliphatic carbocycles. The van der Waals surface area contributed by atoms with Crippen molar-refractivity contribution >= 4 is 47.9 Å². The number of hydrogen-bond donors (Lipinski definition) is 1. The van der Waals surface area contributed by atoms with Gasteiger partial charge in [0.1, 0.15) is 10.7 Å². The van der Waals surface area contributed by atoms with Gasteiger partial charge in [-0.2, -0.15) is 0 Å². The first-order valence-corrected chi connectivity index (χ1v) is 9.63. The lowest BCUT2D eigenvalue weighted by molar-refractivity contribution is 0.0600. The minimum absolute atomic E-state index is 0.0139. The summed E-state index contributed by atoms with van der Waals surface area (Å²) in [6, 6.07) is 8.46. The van der Waals surface area contributed by atoms with Crippen LogP contribution < -0.4 is 4.72 Å². The third kappa shape index (κ3) is 4.41. The third-order valence-corrected chi connectivity index (χ3v) is 6.35. The van der Waals surface area contributed by atoms with Gasteiger partial charge in [-0.15, -0.1) is 0 Å². The second kappa shape index (κ2) is 7.73. The van der Waals surface area contributed by atoms with Crippen molar-refractivity contribution in [2.24, 2.45) is 0 Å². The quantitative estimate of drug-likeness (QED) is 0.663. The van der Waals surface area contributed by atoms with Crippen LogP contribution in [-0.4, -0.2) is 21.5 Å². The maximum atomic E-state index is 13.3. The molecule has 0 heterocycles. The lowest BCUT2D eigenvalue weighted by Crippen LogP contribution is -2.24. The number of sulfonamides is 1. The number of carbonyl (C=O) groups excluding carboxylic acids is 1. The van der Waals surface area contributed by atoms with Crippen molar-refractivity contribution in [3.63, 3.8) is 0 Å². The van der Waals surface area contributed by atoms with Crippen LogP contribution in [0.5, 0.6) is 0 Å². The second-order valence-electron chi connectivity index (χ2n) is 4.71. The van der Waals surface area contributed by atoms with Crippen molar-refractivity contribution < 1.29 is 22.3 Å². The highest BCUT2D eigenvalue weighted by Crippen LogP contribution is 2.31. The number of carbonyl (C=O) groups is 1. The predicted octanol–water partition coefficient (Wildman–Crippen LogP) is 3.62. The Morgan fingerprint density at radius 2 is 1.71 bits per heavy atom. The van der Waals surface area contributed by atoms with Gasteiger partial charge in [-0.3, -0.25) is 0 Å². The van der Waals surface area contributed by atoms with Gasteiger partial charge in [-0.1, -0.05) is 12.1 Å². The predicted molar refractivity (Wildman–Crippen MR) is 93.6 cm³/mol. The smallest absolute Gasteiger partial charge is 0.337 e. The molecule has 0 aliphatic rings. The molecule has 9 heteroatoms. The second-order valence-corrected chi connectivity index (χ2v) is 8.12. The Hall–Kier alpha value is -1.29. The molecule has 0 fully saturated rings. The summed E-state index contributed by atoms with van der Waals surface area (Å²) in [5.41, 5.74) is 1.02. The van der Waals surface area contributed by atoms with E-state index in [1.807, 2.05) is 0 Å². The lowest BCUT2D eigenvalue weighted by Gasteiger charge is -2.11. The largest absolute Gasteiger partial charge is 0.465 e. The highest BCUT2D eigenvalue weighted by molar-refractivity contribution is 9.11. The van der Waals surface area contributed by atoms with Crippen LogP contribution in [0.2, 0.25) is 0 Å². The summed E-state index contributed by atoms with van der Waals surface area (Å²) in [6.45, 7) is 0.0139. The van der Waals surface area contributed by atoms with Gasteiger partial charge in [0.25, 0.3) is 0 Å². The lowest BCUT2D eigenvalue weighted by atomic mass is 10.1. The number of halogens is 3. The molecule has 0 radical (unpaired) electrons. The molecule has 2 rings (SSSR count). The van der Waals surface area contributed by atoms with Crippen LogP contribution in [0.3, 0.4) is 0 Å². The molecule has 0 aliphatic heterocycles. The van der Waals surface area contributed by atoms with E-state index in [4.69, 9.17) is 0 Å². The van der Waals surface area contributed by atoms with E-state index in [1.54, 1.807) is 24.3 Å². The van der Waals surface area contributed by atoms with Gasteiger partial charge in [0.2, 0.25) is 10.0 Å². The Morgan fingerprint density at radius 3 is 2.21 bits per heavy atom. The molecule has 5 nitrogen and oxygen atoms in total. The average molecular weight is 481 g/mol. The fourth-order valence-corrected chi connectivity index (χ4v) is 5.45. The zero-order valence-corrected chi connectivity index (χ0v) is 16.3. The summed E-state index contributed by atoms with van der Waals surface area (Å²) in [5, 5.41) is 0. The Labute approximate surface area is 155 Å². The molecule has 0 bridgehead atoms. The number of nitrogens with one attached hydrogen (secondary N) is 1. The standard InChI is InChI=1S/C15H12Br2FNO4S/c1-23-15(20)10-4-2-9(3-5-10)8-19-24(21,22)14-12(16)6-11(18)7-13(14)17/h2-7,19H,8H2,1H3. The van der Waals surface area contributed by atoms with E-state index < -0.39 is 21.8 Å². The Morgan fingerprint density at radius 1 is 1.17 bits per heavy atom. The monoisotopic (exact) mass is 479 g/mol. The number of hydrogen-bond acceptors (Lipinski definition) is 4. The maximum Gasteiger partial charge on any atom is 0.337 e. The van der Waals surface area contributed by atoms with Crippen molar-refractivity contribution in [2.75, 3.05) is 7.11 Å². The fraction of sp³-hybridized carbons (Fsp3) is 0.133. The minimum atomic E-state index is -3.87. The van der Waals surface area contributed by atoms with Gasteiger partial charge in [0.05, 0.1) is 12.7 Å². The van der Waals surface area contributed by atoms with Gasteiger partial charge < -0.3 is 4.74 Å². The molecule has 0 saturated carbocycles. The van der Waals surface area contributed by atoms with Crippen molar-refractivity contribution in [1.29, 1.82) is 0 Å². The first-order chi connectivity index (χ1) is 11.2. The number of esters is 1. The molecule has 0 spiro atoms. The van der Waals surface area contributed by atoms with Gasteiger partial charge >= 0.3 is 5.97 Å². The maximum absolute atomic E-state index is 13.3. The van der Waals surface area contributed by atoms with Gasteiger partial charge in [0, 0.05) is 15.5 Å². The molecule has 0 saturated heterocycles. The van der Waals surface area contributed by atoms with Gasteiger partial charge in [-0.05, 0) is 61.7 Å². The Kier molecular flexibility index (Phi) is 6.13. The first kappa shape index (κ1) is 19.0. The number of methoxy groups -OCH3 is 1. The molecule has 0 atom stereocenters. The van der Waals surface area contributed by atoms with Crippen LogP contribution in [0, 0.1) is 5.82 Å². The first-order valence-electron chi connectivity index (χ1n) is 6.56. The highest BCUT2D eigenvalue weighted by Gasteiger charge is 2.22. The van der Waals surface area contributed by atoms with Crippen molar-refractivity contribution in [3.8, 4) is 0 Å². The summed E-state index contributed by atoms with van der Waals surface area (Å²) < 4.78 is 45.3. The van der Waals surface area contributed by atoms with Crippen molar-refractivity contribution in [3.05, 3.63) is 62.3 Å². The van der Waals surface area contributed by atoms with E-state index in [2.05, 4.69) is 41.3 Å². The fourth-order valence-electron chi connectivity index (χ4n) is 1.91. The van der Waals surface area contributed by atoms with Crippen LogP contribution in [0.1, 0.15) is 15.9 Å². The van der Waals surface area contributed by atoms with Gasteiger partial charge in [-0.25, -0.2) is 22.3 Å². The van der Waals surface area contributed by atoms with Crippen molar-refractivity contribution in [1.82, 2.24) is 4.72 Å². The molecule has 24 heavy (non-hydrogen) atoms. The summed E-state index contributed by atoms with van der Waals surface area (Å²) >= 11 is 6.11. The van der Waals surface area contributed by atoms with E-state index >= 15 is 0 Å². The van der Waals surface area contributed by atoms with Crippen LogP contribution in [0.15, 0.2) is 50.2 Å². The summed E-state index contributed by atoms with van der Waals surface area (Å²) in [7, 11) is -2.59. The van der Waals surface area contributed by atoms with Crippen LogP contribution in [-0.2, 0) is 21.3 Å². The van der Waals surface area contributed by atoms with Gasteiger partial charge in [0.15, 0.2) is 0 Å². The third-order valence-electron chi connectivity index (χ3n) is 3.07. The molecular weight excluding hydrogens is 469 g/mol. The number of rotatable bonds is 5. The summed E-state index contributed by atoms with van der Waals surface area (Å²) in [5.74, 6) is -1.03. The topological polar surface area (TPSA) is 72.5 Å².